The highest BCUT2D eigenvalue weighted by molar-refractivity contribution is 5.41. The van der Waals surface area contributed by atoms with Crippen molar-refractivity contribution in [3.8, 4) is 5.75 Å². The summed E-state index contributed by atoms with van der Waals surface area (Å²) in [5.41, 5.74) is 3.61. The predicted molar refractivity (Wildman–Crippen MR) is 93.0 cm³/mol. The van der Waals surface area contributed by atoms with E-state index >= 15 is 0 Å². The Morgan fingerprint density at radius 1 is 1.13 bits per heavy atom. The molecular weight excluding hydrogens is 284 g/mol. The molecule has 0 bridgehead atoms. The van der Waals surface area contributed by atoms with Gasteiger partial charge in [0.15, 0.2) is 0 Å². The van der Waals surface area contributed by atoms with E-state index < -0.39 is 0 Å². The summed E-state index contributed by atoms with van der Waals surface area (Å²) >= 11 is 0. The molecule has 126 valence electrons. The van der Waals surface area contributed by atoms with Gasteiger partial charge < -0.3 is 9.47 Å². The molecule has 0 N–H and O–H groups in total. The van der Waals surface area contributed by atoms with Crippen molar-refractivity contribution < 1.29 is 9.47 Å². The third-order valence-corrected chi connectivity index (χ3v) is 7.52. The van der Waals surface area contributed by atoms with E-state index in [0.29, 0.717) is 11.5 Å². The van der Waals surface area contributed by atoms with Crippen molar-refractivity contribution in [2.45, 2.75) is 63.9 Å². The molecule has 1 aromatic carbocycles. The maximum absolute atomic E-state index is 5.94. The maximum Gasteiger partial charge on any atom is 0.119 e. The van der Waals surface area contributed by atoms with Gasteiger partial charge in [-0.15, -0.1) is 0 Å². The molecule has 23 heavy (non-hydrogen) atoms. The summed E-state index contributed by atoms with van der Waals surface area (Å²) in [7, 11) is 3.71. The fourth-order valence-electron chi connectivity index (χ4n) is 6.45. The first-order valence-electron chi connectivity index (χ1n) is 9.43. The van der Waals surface area contributed by atoms with E-state index in [-0.39, 0.29) is 0 Å². The van der Waals surface area contributed by atoms with Crippen LogP contribution in [-0.2, 0) is 11.2 Å². The normalized spacial score (nSPS) is 38.6. The number of methoxy groups -OCH3 is 2. The number of aryl methyl sites for hydroxylation is 1. The zero-order valence-electron chi connectivity index (χ0n) is 14.8. The van der Waals surface area contributed by atoms with Gasteiger partial charge in [-0.05, 0) is 91.4 Å². The Morgan fingerprint density at radius 2 is 2.00 bits per heavy atom. The summed E-state index contributed by atoms with van der Waals surface area (Å²) < 4.78 is 11.4. The molecule has 4 rings (SSSR count). The van der Waals surface area contributed by atoms with Gasteiger partial charge in [0.05, 0.1) is 13.2 Å². The van der Waals surface area contributed by atoms with Gasteiger partial charge in [0.1, 0.15) is 5.75 Å². The lowest BCUT2D eigenvalue weighted by atomic mass is 9.54. The van der Waals surface area contributed by atoms with E-state index in [1.54, 1.807) is 18.2 Å². The molecule has 2 saturated carbocycles. The molecule has 3 aliphatic carbocycles. The van der Waals surface area contributed by atoms with Crippen LogP contribution in [0.25, 0.3) is 0 Å². The Morgan fingerprint density at radius 3 is 2.74 bits per heavy atom. The first kappa shape index (κ1) is 15.5. The van der Waals surface area contributed by atoms with Crippen molar-refractivity contribution in [2.75, 3.05) is 14.2 Å². The summed E-state index contributed by atoms with van der Waals surface area (Å²) in [6.45, 7) is 2.39. The molecule has 2 heteroatoms. The average Bonchev–Trinajstić information content (AvgIpc) is 3.00. The zero-order chi connectivity index (χ0) is 16.0. The van der Waals surface area contributed by atoms with Crippen LogP contribution >= 0.6 is 0 Å². The fraction of sp³-hybridized carbons (Fsp3) is 0.714. The molecule has 1 aromatic rings. The highest BCUT2D eigenvalue weighted by atomic mass is 16.5. The molecule has 0 spiro atoms. The van der Waals surface area contributed by atoms with Crippen LogP contribution in [0.1, 0.15) is 62.5 Å². The number of benzene rings is 1. The standard InChI is InChI=1S/C21H30O2/c1-4-21-12-11-16-17(19(21)9-10-20(21)23-3)8-6-14-5-7-15(22-2)13-18(14)16/h5,7,13,16-17,19-20H,4,6,8-12H2,1-3H3/t16-,17+,19-,20-,21-/m0/s1. The Hall–Kier alpha value is -1.02. The van der Waals surface area contributed by atoms with Crippen molar-refractivity contribution in [3.05, 3.63) is 29.3 Å². The van der Waals surface area contributed by atoms with Crippen molar-refractivity contribution in [3.63, 3.8) is 0 Å². The van der Waals surface area contributed by atoms with E-state index in [9.17, 15) is 0 Å². The van der Waals surface area contributed by atoms with Gasteiger partial charge >= 0.3 is 0 Å². The molecule has 0 aliphatic heterocycles. The number of ether oxygens (including phenoxy) is 2. The van der Waals surface area contributed by atoms with Crippen LogP contribution in [0.2, 0.25) is 0 Å². The quantitative estimate of drug-likeness (QED) is 0.785. The van der Waals surface area contributed by atoms with Crippen molar-refractivity contribution in [2.24, 2.45) is 17.3 Å². The molecule has 0 radical (unpaired) electrons. The van der Waals surface area contributed by atoms with Crippen LogP contribution in [0.4, 0.5) is 0 Å². The molecule has 2 nitrogen and oxygen atoms in total. The first-order valence-corrected chi connectivity index (χ1v) is 9.43. The summed E-state index contributed by atoms with van der Waals surface area (Å²) in [5.74, 6) is 3.48. The Balaban J connectivity index is 1.69. The van der Waals surface area contributed by atoms with Gasteiger partial charge in [0.25, 0.3) is 0 Å². The van der Waals surface area contributed by atoms with Gasteiger partial charge in [-0.2, -0.15) is 0 Å². The minimum atomic E-state index is 0.451. The third kappa shape index (κ3) is 2.17. The Labute approximate surface area is 140 Å². The van der Waals surface area contributed by atoms with Crippen LogP contribution in [-0.4, -0.2) is 20.3 Å². The monoisotopic (exact) mass is 314 g/mol. The molecule has 0 unspecified atom stereocenters. The zero-order valence-corrected chi connectivity index (χ0v) is 14.8. The lowest BCUT2D eigenvalue weighted by molar-refractivity contribution is -0.0592. The Kier molecular flexibility index (Phi) is 3.91. The van der Waals surface area contributed by atoms with E-state index in [4.69, 9.17) is 9.47 Å². The van der Waals surface area contributed by atoms with E-state index in [2.05, 4.69) is 25.1 Å². The minimum absolute atomic E-state index is 0.451. The number of hydrogen-bond acceptors (Lipinski definition) is 2. The molecule has 0 heterocycles. The van der Waals surface area contributed by atoms with Crippen LogP contribution in [0, 0.1) is 17.3 Å². The van der Waals surface area contributed by atoms with Crippen molar-refractivity contribution >= 4 is 0 Å². The average molecular weight is 314 g/mol. The summed E-state index contributed by atoms with van der Waals surface area (Å²) in [6, 6.07) is 6.77. The minimum Gasteiger partial charge on any atom is -0.497 e. The number of rotatable bonds is 3. The topological polar surface area (TPSA) is 18.5 Å². The summed E-state index contributed by atoms with van der Waals surface area (Å²) in [5, 5.41) is 0. The molecule has 3 aliphatic rings. The molecule has 0 saturated heterocycles. The largest absolute Gasteiger partial charge is 0.497 e. The van der Waals surface area contributed by atoms with E-state index in [0.717, 1.165) is 23.5 Å². The second kappa shape index (κ2) is 5.81. The maximum atomic E-state index is 5.94. The van der Waals surface area contributed by atoms with E-state index in [1.807, 2.05) is 7.11 Å². The highest BCUT2D eigenvalue weighted by Gasteiger charge is 2.56. The molecular formula is C21H30O2. The van der Waals surface area contributed by atoms with E-state index in [1.165, 1.54) is 44.9 Å². The van der Waals surface area contributed by atoms with Gasteiger partial charge in [-0.3, -0.25) is 0 Å². The fourth-order valence-corrected chi connectivity index (χ4v) is 6.45. The lowest BCUT2D eigenvalue weighted by Crippen LogP contribution is -2.46. The predicted octanol–water partition coefficient (Wildman–Crippen LogP) is 4.96. The van der Waals surface area contributed by atoms with Crippen molar-refractivity contribution in [1.29, 1.82) is 0 Å². The summed E-state index contributed by atoms with van der Waals surface area (Å²) in [6.07, 6.45) is 9.69. The van der Waals surface area contributed by atoms with Gasteiger partial charge in [0.2, 0.25) is 0 Å². The second-order valence-corrected chi connectivity index (χ2v) is 7.91. The SMILES string of the molecule is CC[C@]12CC[C@@H]3c4cc(OC)ccc4CC[C@H]3[C@@H]1CC[C@@H]2OC. The first-order chi connectivity index (χ1) is 11.2. The van der Waals surface area contributed by atoms with Crippen LogP contribution in [0.15, 0.2) is 18.2 Å². The van der Waals surface area contributed by atoms with Crippen molar-refractivity contribution in [1.82, 2.24) is 0 Å². The lowest BCUT2D eigenvalue weighted by Gasteiger charge is -2.52. The molecule has 0 aromatic heterocycles. The second-order valence-electron chi connectivity index (χ2n) is 7.91. The number of fused-ring (bicyclic) bond motifs is 5. The highest BCUT2D eigenvalue weighted by Crippen LogP contribution is 2.63. The van der Waals surface area contributed by atoms with Gasteiger partial charge in [0, 0.05) is 7.11 Å². The smallest absolute Gasteiger partial charge is 0.119 e. The third-order valence-electron chi connectivity index (χ3n) is 7.52. The summed E-state index contributed by atoms with van der Waals surface area (Å²) in [4.78, 5) is 0. The Bertz CT molecular complexity index is 581. The number of hydrogen-bond donors (Lipinski definition) is 0. The molecule has 5 atom stereocenters. The van der Waals surface area contributed by atoms with Crippen LogP contribution in [0.5, 0.6) is 5.75 Å². The van der Waals surface area contributed by atoms with Gasteiger partial charge in [-0.25, -0.2) is 0 Å². The molecule has 0 amide bonds. The molecule has 2 fully saturated rings. The van der Waals surface area contributed by atoms with Gasteiger partial charge in [-0.1, -0.05) is 13.0 Å². The van der Waals surface area contributed by atoms with Crippen LogP contribution < -0.4 is 4.74 Å². The van der Waals surface area contributed by atoms with Crippen LogP contribution in [0.3, 0.4) is 0 Å².